The first-order valence-corrected chi connectivity index (χ1v) is 7.27. The number of benzene rings is 1. The molecule has 100 valence electrons. The largest absolute Gasteiger partial charge is 0.385 e. The molecule has 0 bridgehead atoms. The quantitative estimate of drug-likeness (QED) is 0.793. The molecule has 0 spiro atoms. The maximum Gasteiger partial charge on any atom is 0.253 e. The summed E-state index contributed by atoms with van der Waals surface area (Å²) in [4.78, 5) is 12.0. The lowest BCUT2D eigenvalue weighted by Crippen LogP contribution is -2.37. The van der Waals surface area contributed by atoms with Crippen molar-refractivity contribution >= 4 is 45.0 Å². The van der Waals surface area contributed by atoms with Crippen molar-refractivity contribution in [3.63, 3.8) is 0 Å². The molecule has 1 aromatic rings. The van der Waals surface area contributed by atoms with E-state index in [1.54, 1.807) is 25.3 Å². The molecule has 0 saturated carbocycles. The van der Waals surface area contributed by atoms with Crippen LogP contribution in [0.25, 0.3) is 0 Å². The minimum absolute atomic E-state index is 0.00388. The van der Waals surface area contributed by atoms with E-state index >= 15 is 0 Å². The third kappa shape index (κ3) is 4.76. The summed E-state index contributed by atoms with van der Waals surface area (Å²) in [6.07, 6.45) is 0.735. The fourth-order valence-electron chi connectivity index (χ4n) is 1.38. The zero-order chi connectivity index (χ0) is 13.5. The van der Waals surface area contributed by atoms with Crippen LogP contribution in [-0.2, 0) is 4.74 Å². The molecule has 0 aromatic heterocycles. The molecule has 0 radical (unpaired) electrons. The summed E-state index contributed by atoms with van der Waals surface area (Å²) in [6.45, 7) is 0.588. The number of ether oxygens (including phenoxy) is 1. The Labute approximate surface area is 125 Å². The van der Waals surface area contributed by atoms with Crippen molar-refractivity contribution in [3.8, 4) is 0 Å². The van der Waals surface area contributed by atoms with Gasteiger partial charge in [-0.05, 0) is 24.6 Å². The van der Waals surface area contributed by atoms with E-state index in [1.165, 1.54) is 0 Å². The number of carbonyl (C=O) groups is 1. The molecule has 0 aliphatic carbocycles. The molecular formula is C12H14BrCl2NO2. The minimum atomic E-state index is -0.211. The Balaban J connectivity index is 2.68. The van der Waals surface area contributed by atoms with Gasteiger partial charge in [-0.1, -0.05) is 39.1 Å². The highest BCUT2D eigenvalue weighted by Gasteiger charge is 2.15. The number of methoxy groups -OCH3 is 1. The second-order valence-electron chi connectivity index (χ2n) is 3.73. The summed E-state index contributed by atoms with van der Waals surface area (Å²) in [5.41, 5.74) is 0.421. The first-order chi connectivity index (χ1) is 8.58. The van der Waals surface area contributed by atoms with Gasteiger partial charge in [-0.2, -0.15) is 0 Å². The highest BCUT2D eigenvalue weighted by atomic mass is 79.9. The molecule has 0 aliphatic rings. The van der Waals surface area contributed by atoms with E-state index in [2.05, 4.69) is 21.2 Å². The molecule has 1 amide bonds. The molecule has 3 nitrogen and oxygen atoms in total. The van der Waals surface area contributed by atoms with Gasteiger partial charge in [0.15, 0.2) is 0 Å². The van der Waals surface area contributed by atoms with Crippen molar-refractivity contribution in [2.24, 2.45) is 0 Å². The summed E-state index contributed by atoms with van der Waals surface area (Å²) < 4.78 is 4.99. The molecule has 1 N–H and O–H groups in total. The number of amides is 1. The number of alkyl halides is 1. The number of carbonyl (C=O) groups excluding carboxylic acids is 1. The Kier molecular flexibility index (Phi) is 7.00. The zero-order valence-corrected chi connectivity index (χ0v) is 13.0. The normalized spacial score (nSPS) is 12.2. The standard InChI is InChI=1S/C12H14BrCl2NO2/c1-18-5-4-9(7-13)16-12(17)10-3-2-8(14)6-11(10)15/h2-3,6,9H,4-5,7H2,1H3,(H,16,17). The molecule has 0 saturated heterocycles. The third-order valence-electron chi connectivity index (χ3n) is 2.37. The van der Waals surface area contributed by atoms with E-state index < -0.39 is 0 Å². The van der Waals surface area contributed by atoms with Gasteiger partial charge in [0.05, 0.1) is 10.6 Å². The second kappa shape index (κ2) is 8.00. The van der Waals surface area contributed by atoms with E-state index in [4.69, 9.17) is 27.9 Å². The van der Waals surface area contributed by atoms with Crippen LogP contribution in [0.5, 0.6) is 0 Å². The lowest BCUT2D eigenvalue weighted by atomic mass is 10.2. The topological polar surface area (TPSA) is 38.3 Å². The fourth-order valence-corrected chi connectivity index (χ4v) is 2.36. The van der Waals surface area contributed by atoms with E-state index in [-0.39, 0.29) is 11.9 Å². The van der Waals surface area contributed by atoms with Crippen LogP contribution in [0.4, 0.5) is 0 Å². The number of hydrogen-bond acceptors (Lipinski definition) is 2. The first kappa shape index (κ1) is 15.8. The van der Waals surface area contributed by atoms with Crippen LogP contribution < -0.4 is 5.32 Å². The smallest absolute Gasteiger partial charge is 0.253 e. The highest BCUT2D eigenvalue weighted by molar-refractivity contribution is 9.09. The molecule has 1 aromatic carbocycles. The number of halogens is 3. The Morgan fingerprint density at radius 3 is 2.78 bits per heavy atom. The van der Waals surface area contributed by atoms with E-state index in [1.807, 2.05) is 0 Å². The van der Waals surface area contributed by atoms with Gasteiger partial charge in [0.1, 0.15) is 0 Å². The number of hydrogen-bond donors (Lipinski definition) is 1. The summed E-state index contributed by atoms with van der Waals surface area (Å²) in [6, 6.07) is 4.81. The van der Waals surface area contributed by atoms with Crippen molar-refractivity contribution < 1.29 is 9.53 Å². The average Bonchev–Trinajstić information content (AvgIpc) is 2.34. The zero-order valence-electron chi connectivity index (χ0n) is 9.88. The van der Waals surface area contributed by atoms with E-state index in [9.17, 15) is 4.79 Å². The van der Waals surface area contributed by atoms with Crippen LogP contribution in [0.1, 0.15) is 16.8 Å². The van der Waals surface area contributed by atoms with Crippen LogP contribution >= 0.6 is 39.1 Å². The predicted molar refractivity (Wildman–Crippen MR) is 78.0 cm³/mol. The molecule has 1 unspecified atom stereocenters. The van der Waals surface area contributed by atoms with Crippen LogP contribution in [-0.4, -0.2) is 31.0 Å². The Hall–Kier alpha value is -0.290. The van der Waals surface area contributed by atoms with Crippen LogP contribution in [0.15, 0.2) is 18.2 Å². The van der Waals surface area contributed by atoms with Gasteiger partial charge < -0.3 is 10.1 Å². The van der Waals surface area contributed by atoms with Crippen molar-refractivity contribution in [1.82, 2.24) is 5.32 Å². The molecule has 6 heteroatoms. The fraction of sp³-hybridized carbons (Fsp3) is 0.417. The van der Waals surface area contributed by atoms with Gasteiger partial charge in [-0.3, -0.25) is 4.79 Å². The average molecular weight is 355 g/mol. The van der Waals surface area contributed by atoms with Crippen LogP contribution in [0, 0.1) is 0 Å². The van der Waals surface area contributed by atoms with Gasteiger partial charge >= 0.3 is 0 Å². The van der Waals surface area contributed by atoms with Gasteiger partial charge in [0.25, 0.3) is 5.91 Å². The van der Waals surface area contributed by atoms with Gasteiger partial charge in [0.2, 0.25) is 0 Å². The summed E-state index contributed by atoms with van der Waals surface area (Å²) in [7, 11) is 1.63. The van der Waals surface area contributed by atoms with Crippen LogP contribution in [0.2, 0.25) is 10.0 Å². The number of rotatable bonds is 6. The number of nitrogens with one attached hydrogen (secondary N) is 1. The lowest BCUT2D eigenvalue weighted by molar-refractivity contribution is 0.0931. The monoisotopic (exact) mass is 353 g/mol. The van der Waals surface area contributed by atoms with Crippen molar-refractivity contribution in [2.45, 2.75) is 12.5 Å². The maximum atomic E-state index is 12.0. The van der Waals surface area contributed by atoms with Gasteiger partial charge in [-0.15, -0.1) is 0 Å². The minimum Gasteiger partial charge on any atom is -0.385 e. The molecular weight excluding hydrogens is 341 g/mol. The predicted octanol–water partition coefficient (Wildman–Crippen LogP) is 3.52. The molecule has 18 heavy (non-hydrogen) atoms. The molecule has 0 aliphatic heterocycles. The first-order valence-electron chi connectivity index (χ1n) is 5.39. The maximum absolute atomic E-state index is 12.0. The third-order valence-corrected chi connectivity index (χ3v) is 3.70. The van der Waals surface area contributed by atoms with Crippen molar-refractivity contribution in [2.75, 3.05) is 19.0 Å². The van der Waals surface area contributed by atoms with Gasteiger partial charge in [-0.25, -0.2) is 0 Å². The summed E-state index contributed by atoms with van der Waals surface area (Å²) in [5.74, 6) is -0.211. The lowest BCUT2D eigenvalue weighted by Gasteiger charge is -2.16. The summed E-state index contributed by atoms with van der Waals surface area (Å²) >= 11 is 15.1. The molecule has 0 fully saturated rings. The van der Waals surface area contributed by atoms with Crippen LogP contribution in [0.3, 0.4) is 0 Å². The van der Waals surface area contributed by atoms with E-state index in [0.717, 1.165) is 6.42 Å². The Bertz CT molecular complexity index is 415. The van der Waals surface area contributed by atoms with Crippen molar-refractivity contribution in [1.29, 1.82) is 0 Å². The van der Waals surface area contributed by atoms with Crippen molar-refractivity contribution in [3.05, 3.63) is 33.8 Å². The molecule has 1 rings (SSSR count). The highest BCUT2D eigenvalue weighted by Crippen LogP contribution is 2.21. The Morgan fingerprint density at radius 2 is 2.22 bits per heavy atom. The molecule has 0 heterocycles. The second-order valence-corrected chi connectivity index (χ2v) is 5.22. The summed E-state index contributed by atoms with van der Waals surface area (Å²) in [5, 5.41) is 4.40. The van der Waals surface area contributed by atoms with Gasteiger partial charge in [0, 0.05) is 30.1 Å². The SMILES string of the molecule is COCCC(CBr)NC(=O)c1ccc(Cl)cc1Cl. The Morgan fingerprint density at radius 1 is 1.50 bits per heavy atom. The van der Waals surface area contributed by atoms with E-state index in [0.29, 0.717) is 27.5 Å². The molecule has 1 atom stereocenters.